The quantitative estimate of drug-likeness (QED) is 0.944. The lowest BCUT2D eigenvalue weighted by molar-refractivity contribution is 0.107. The molecular weight excluding hydrogens is 270 g/mol. The average molecular weight is 291 g/mol. The summed E-state index contributed by atoms with van der Waals surface area (Å²) in [5, 5.41) is 5.51. The minimum Gasteiger partial charge on any atom is -0.440 e. The number of thiophene rings is 1. The van der Waals surface area contributed by atoms with E-state index in [1.165, 1.54) is 0 Å². The molecule has 1 aliphatic heterocycles. The van der Waals surface area contributed by atoms with Crippen LogP contribution < -0.4 is 5.32 Å². The van der Waals surface area contributed by atoms with Gasteiger partial charge in [0.25, 0.3) is 0 Å². The molecule has 2 unspecified atom stereocenters. The Balaban J connectivity index is 1.80. The second kappa shape index (κ2) is 5.68. The van der Waals surface area contributed by atoms with Gasteiger partial charge in [0.05, 0.1) is 10.6 Å². The van der Waals surface area contributed by atoms with E-state index in [-0.39, 0.29) is 0 Å². The first kappa shape index (κ1) is 13.8. The molecule has 0 aliphatic carbocycles. The Morgan fingerprint density at radius 1 is 1.40 bits per heavy atom. The molecule has 3 heterocycles. The van der Waals surface area contributed by atoms with Crippen molar-refractivity contribution in [3.63, 3.8) is 0 Å². The van der Waals surface area contributed by atoms with Crippen molar-refractivity contribution in [1.82, 2.24) is 15.2 Å². The average Bonchev–Trinajstić information content (AvgIpc) is 3.04. The molecule has 3 rings (SSSR count). The summed E-state index contributed by atoms with van der Waals surface area (Å²) in [6.07, 6.45) is 0. The predicted molar refractivity (Wildman–Crippen MR) is 81.9 cm³/mol. The van der Waals surface area contributed by atoms with Crippen LogP contribution in [-0.2, 0) is 6.54 Å². The minimum atomic E-state index is 0.528. The van der Waals surface area contributed by atoms with Gasteiger partial charge in [-0.3, -0.25) is 4.90 Å². The normalized spacial score (nSPS) is 24.1. The Hall–Kier alpha value is -1.17. The van der Waals surface area contributed by atoms with Crippen LogP contribution in [0.3, 0.4) is 0 Å². The van der Waals surface area contributed by atoms with Crippen molar-refractivity contribution in [3.05, 3.63) is 29.0 Å². The van der Waals surface area contributed by atoms with Crippen LogP contribution in [0.15, 0.2) is 21.9 Å². The van der Waals surface area contributed by atoms with Crippen LogP contribution in [0.5, 0.6) is 0 Å². The van der Waals surface area contributed by atoms with E-state index in [0.717, 1.165) is 41.9 Å². The fourth-order valence-corrected chi connectivity index (χ4v) is 3.38. The first-order valence-corrected chi connectivity index (χ1v) is 7.99. The second-order valence-electron chi connectivity index (χ2n) is 5.53. The van der Waals surface area contributed by atoms with Crippen molar-refractivity contribution < 1.29 is 4.42 Å². The summed E-state index contributed by atoms with van der Waals surface area (Å²) >= 11 is 1.67. The zero-order valence-electron chi connectivity index (χ0n) is 12.2. The highest BCUT2D eigenvalue weighted by molar-refractivity contribution is 7.13. The molecule has 0 aromatic carbocycles. The molecule has 1 saturated heterocycles. The number of hydrogen-bond donors (Lipinski definition) is 1. The molecule has 2 aromatic rings. The third-order valence-corrected chi connectivity index (χ3v) is 4.83. The first-order chi connectivity index (χ1) is 9.65. The van der Waals surface area contributed by atoms with E-state index in [9.17, 15) is 0 Å². The van der Waals surface area contributed by atoms with E-state index >= 15 is 0 Å². The standard InChI is InChI=1S/C15H21N3OS/c1-10-7-16-8-11(2)18(10)9-13-12(3)19-15(17-13)14-5-4-6-20-14/h4-6,10-11,16H,7-9H2,1-3H3. The highest BCUT2D eigenvalue weighted by Gasteiger charge is 2.26. The van der Waals surface area contributed by atoms with Crippen molar-refractivity contribution >= 4 is 11.3 Å². The van der Waals surface area contributed by atoms with Crippen molar-refractivity contribution in [2.24, 2.45) is 0 Å². The number of aryl methyl sites for hydroxylation is 1. The molecule has 1 aliphatic rings. The zero-order valence-corrected chi connectivity index (χ0v) is 13.0. The van der Waals surface area contributed by atoms with Crippen LogP contribution in [0.2, 0.25) is 0 Å². The van der Waals surface area contributed by atoms with Gasteiger partial charge in [0.15, 0.2) is 0 Å². The molecule has 2 atom stereocenters. The van der Waals surface area contributed by atoms with Gasteiger partial charge in [0.2, 0.25) is 5.89 Å². The number of aromatic nitrogens is 1. The number of nitrogens with one attached hydrogen (secondary N) is 1. The summed E-state index contributed by atoms with van der Waals surface area (Å²) < 4.78 is 5.83. The Morgan fingerprint density at radius 2 is 2.15 bits per heavy atom. The van der Waals surface area contributed by atoms with Crippen LogP contribution in [0.4, 0.5) is 0 Å². The van der Waals surface area contributed by atoms with E-state index < -0.39 is 0 Å². The predicted octanol–water partition coefficient (Wildman–Crippen LogP) is 2.89. The van der Waals surface area contributed by atoms with Crippen LogP contribution in [0.25, 0.3) is 10.8 Å². The number of hydrogen-bond acceptors (Lipinski definition) is 5. The Kier molecular flexibility index (Phi) is 3.92. The Bertz CT molecular complexity index is 554. The molecule has 2 aromatic heterocycles. The van der Waals surface area contributed by atoms with Crippen molar-refractivity contribution in [2.75, 3.05) is 13.1 Å². The maximum Gasteiger partial charge on any atom is 0.236 e. The van der Waals surface area contributed by atoms with Gasteiger partial charge in [-0.1, -0.05) is 6.07 Å². The maximum atomic E-state index is 5.83. The van der Waals surface area contributed by atoms with Gasteiger partial charge in [0.1, 0.15) is 5.76 Å². The molecule has 4 nitrogen and oxygen atoms in total. The van der Waals surface area contributed by atoms with Gasteiger partial charge in [0, 0.05) is 31.7 Å². The summed E-state index contributed by atoms with van der Waals surface area (Å²) in [5.74, 6) is 1.69. The van der Waals surface area contributed by atoms with Crippen LogP contribution >= 0.6 is 11.3 Å². The maximum absolute atomic E-state index is 5.83. The third-order valence-electron chi connectivity index (χ3n) is 3.97. The number of rotatable bonds is 3. The summed E-state index contributed by atoms with van der Waals surface area (Å²) in [7, 11) is 0. The van der Waals surface area contributed by atoms with Gasteiger partial charge >= 0.3 is 0 Å². The molecule has 0 bridgehead atoms. The SMILES string of the molecule is Cc1oc(-c2cccs2)nc1CN1C(C)CNCC1C. The third kappa shape index (κ3) is 2.66. The van der Waals surface area contributed by atoms with Gasteiger partial charge < -0.3 is 9.73 Å². The smallest absolute Gasteiger partial charge is 0.236 e. The van der Waals surface area contributed by atoms with Crippen molar-refractivity contribution in [2.45, 2.75) is 39.4 Å². The van der Waals surface area contributed by atoms with Gasteiger partial charge in [-0.15, -0.1) is 11.3 Å². The molecule has 1 N–H and O–H groups in total. The Labute approximate surface area is 123 Å². The van der Waals surface area contributed by atoms with E-state index in [1.807, 2.05) is 13.0 Å². The highest BCUT2D eigenvalue weighted by atomic mass is 32.1. The van der Waals surface area contributed by atoms with Crippen molar-refractivity contribution in [1.29, 1.82) is 0 Å². The topological polar surface area (TPSA) is 41.3 Å². The zero-order chi connectivity index (χ0) is 14.1. The van der Waals surface area contributed by atoms with Crippen LogP contribution in [0.1, 0.15) is 25.3 Å². The molecule has 108 valence electrons. The fourth-order valence-electron chi connectivity index (χ4n) is 2.74. The highest BCUT2D eigenvalue weighted by Crippen LogP contribution is 2.27. The lowest BCUT2D eigenvalue weighted by atomic mass is 10.1. The number of nitrogens with zero attached hydrogens (tertiary/aromatic N) is 2. The van der Waals surface area contributed by atoms with E-state index in [2.05, 4.69) is 35.5 Å². The van der Waals surface area contributed by atoms with Gasteiger partial charge in [-0.05, 0) is 32.2 Å². The number of piperazine rings is 1. The first-order valence-electron chi connectivity index (χ1n) is 7.12. The molecule has 20 heavy (non-hydrogen) atoms. The number of oxazole rings is 1. The lowest BCUT2D eigenvalue weighted by Gasteiger charge is -2.39. The Morgan fingerprint density at radius 3 is 2.80 bits per heavy atom. The summed E-state index contributed by atoms with van der Waals surface area (Å²) in [5.41, 5.74) is 1.06. The molecule has 0 saturated carbocycles. The molecule has 5 heteroatoms. The molecule has 0 radical (unpaired) electrons. The van der Waals surface area contributed by atoms with Crippen molar-refractivity contribution in [3.8, 4) is 10.8 Å². The van der Waals surface area contributed by atoms with Crippen LogP contribution in [-0.4, -0.2) is 35.1 Å². The summed E-state index contributed by atoms with van der Waals surface area (Å²) in [4.78, 5) is 8.29. The summed E-state index contributed by atoms with van der Waals surface area (Å²) in [6.45, 7) is 9.48. The van der Waals surface area contributed by atoms with E-state index in [1.54, 1.807) is 11.3 Å². The molecule has 1 fully saturated rings. The molecule has 0 spiro atoms. The lowest BCUT2D eigenvalue weighted by Crippen LogP contribution is -2.54. The van der Waals surface area contributed by atoms with E-state index in [4.69, 9.17) is 9.40 Å². The van der Waals surface area contributed by atoms with Gasteiger partial charge in [-0.2, -0.15) is 0 Å². The monoisotopic (exact) mass is 291 g/mol. The largest absolute Gasteiger partial charge is 0.440 e. The summed E-state index contributed by atoms with van der Waals surface area (Å²) in [6, 6.07) is 5.13. The van der Waals surface area contributed by atoms with Gasteiger partial charge in [-0.25, -0.2) is 4.98 Å². The fraction of sp³-hybridized carbons (Fsp3) is 0.533. The molecule has 0 amide bonds. The van der Waals surface area contributed by atoms with Crippen LogP contribution in [0, 0.1) is 6.92 Å². The second-order valence-corrected chi connectivity index (χ2v) is 6.48. The van der Waals surface area contributed by atoms with E-state index in [0.29, 0.717) is 12.1 Å². The molecular formula is C15H21N3OS. The minimum absolute atomic E-state index is 0.528.